The Bertz CT molecular complexity index is 928. The Morgan fingerprint density at radius 1 is 1.04 bits per heavy atom. The SMILES string of the molecule is CCCc1cc2cc(SC)ccc2n1S(=O)(=O)c1ccccc1. The van der Waals surface area contributed by atoms with Gasteiger partial charge >= 0.3 is 0 Å². The molecule has 1 aromatic heterocycles. The topological polar surface area (TPSA) is 39.1 Å². The second kappa shape index (κ2) is 6.42. The van der Waals surface area contributed by atoms with Crippen molar-refractivity contribution in [2.75, 3.05) is 6.26 Å². The van der Waals surface area contributed by atoms with Gasteiger partial charge in [0.1, 0.15) is 0 Å². The second-order valence-corrected chi connectivity index (χ2v) is 8.06. The van der Waals surface area contributed by atoms with E-state index in [4.69, 9.17) is 0 Å². The van der Waals surface area contributed by atoms with E-state index in [0.29, 0.717) is 4.90 Å². The molecule has 23 heavy (non-hydrogen) atoms. The minimum atomic E-state index is -3.58. The van der Waals surface area contributed by atoms with Crippen LogP contribution in [-0.4, -0.2) is 18.6 Å². The highest BCUT2D eigenvalue weighted by molar-refractivity contribution is 7.98. The minimum Gasteiger partial charge on any atom is -0.238 e. The van der Waals surface area contributed by atoms with Crippen molar-refractivity contribution in [3.05, 3.63) is 60.3 Å². The van der Waals surface area contributed by atoms with Crippen LogP contribution in [0.15, 0.2) is 64.4 Å². The molecule has 3 nitrogen and oxygen atoms in total. The molecule has 0 atom stereocenters. The molecule has 120 valence electrons. The Balaban J connectivity index is 2.28. The van der Waals surface area contributed by atoms with Crippen LogP contribution in [0.3, 0.4) is 0 Å². The molecule has 0 N–H and O–H groups in total. The summed E-state index contributed by atoms with van der Waals surface area (Å²) in [5, 5.41) is 0.972. The van der Waals surface area contributed by atoms with Gasteiger partial charge in [0.05, 0.1) is 10.4 Å². The Morgan fingerprint density at radius 2 is 1.78 bits per heavy atom. The number of fused-ring (bicyclic) bond motifs is 1. The van der Waals surface area contributed by atoms with Crippen molar-refractivity contribution >= 4 is 32.7 Å². The van der Waals surface area contributed by atoms with Crippen LogP contribution in [0.5, 0.6) is 0 Å². The third-order valence-electron chi connectivity index (χ3n) is 3.82. The van der Waals surface area contributed by atoms with Crippen molar-refractivity contribution in [1.29, 1.82) is 0 Å². The monoisotopic (exact) mass is 345 g/mol. The number of benzene rings is 2. The summed E-state index contributed by atoms with van der Waals surface area (Å²) in [6.45, 7) is 2.06. The van der Waals surface area contributed by atoms with E-state index in [0.717, 1.165) is 34.3 Å². The Labute approximate surface area is 141 Å². The normalized spacial score (nSPS) is 11.9. The first kappa shape index (κ1) is 16.1. The van der Waals surface area contributed by atoms with E-state index in [2.05, 4.69) is 13.0 Å². The molecule has 3 rings (SSSR count). The fourth-order valence-corrected chi connectivity index (χ4v) is 4.80. The molecule has 0 spiro atoms. The Morgan fingerprint density at radius 3 is 2.43 bits per heavy atom. The summed E-state index contributed by atoms with van der Waals surface area (Å²) in [5.41, 5.74) is 1.58. The van der Waals surface area contributed by atoms with Crippen LogP contribution in [0, 0.1) is 0 Å². The lowest BCUT2D eigenvalue weighted by Crippen LogP contribution is -2.15. The zero-order valence-electron chi connectivity index (χ0n) is 13.2. The number of rotatable bonds is 5. The molecule has 1 heterocycles. The van der Waals surface area contributed by atoms with Gasteiger partial charge in [-0.1, -0.05) is 31.5 Å². The lowest BCUT2D eigenvalue weighted by molar-refractivity contribution is 0.586. The molecule has 0 amide bonds. The quantitative estimate of drug-likeness (QED) is 0.637. The number of aromatic nitrogens is 1. The summed E-state index contributed by atoms with van der Waals surface area (Å²) in [4.78, 5) is 1.46. The van der Waals surface area contributed by atoms with Crippen LogP contribution in [0.2, 0.25) is 0 Å². The van der Waals surface area contributed by atoms with Crippen LogP contribution < -0.4 is 0 Å². The minimum absolute atomic E-state index is 0.323. The molecule has 0 saturated heterocycles. The average Bonchev–Trinajstić information content (AvgIpc) is 2.93. The number of thioether (sulfide) groups is 1. The van der Waals surface area contributed by atoms with E-state index < -0.39 is 10.0 Å². The van der Waals surface area contributed by atoms with Crippen molar-refractivity contribution in [2.45, 2.75) is 29.6 Å². The molecule has 0 bridgehead atoms. The van der Waals surface area contributed by atoms with Crippen molar-refractivity contribution in [3.8, 4) is 0 Å². The molecule has 0 aliphatic rings. The average molecular weight is 345 g/mol. The molecule has 0 unspecified atom stereocenters. The zero-order chi connectivity index (χ0) is 16.4. The molecule has 0 aliphatic carbocycles. The molecule has 0 fully saturated rings. The fraction of sp³-hybridized carbons (Fsp3) is 0.222. The summed E-state index contributed by atoms with van der Waals surface area (Å²) in [7, 11) is -3.58. The van der Waals surface area contributed by atoms with Gasteiger partial charge in [-0.15, -0.1) is 11.8 Å². The highest BCUT2D eigenvalue weighted by Gasteiger charge is 2.22. The largest absolute Gasteiger partial charge is 0.268 e. The summed E-state index contributed by atoms with van der Waals surface area (Å²) in [5.74, 6) is 0. The predicted molar refractivity (Wildman–Crippen MR) is 96.7 cm³/mol. The molecule has 2 aromatic carbocycles. The van der Waals surface area contributed by atoms with Gasteiger partial charge in [-0.3, -0.25) is 0 Å². The van der Waals surface area contributed by atoms with E-state index >= 15 is 0 Å². The van der Waals surface area contributed by atoms with Crippen molar-refractivity contribution in [1.82, 2.24) is 3.97 Å². The van der Waals surface area contributed by atoms with E-state index in [9.17, 15) is 8.42 Å². The Hall–Kier alpha value is -1.72. The van der Waals surface area contributed by atoms with Crippen LogP contribution in [0.1, 0.15) is 19.0 Å². The van der Waals surface area contributed by atoms with Crippen molar-refractivity contribution in [3.63, 3.8) is 0 Å². The second-order valence-electron chi connectivity index (χ2n) is 5.39. The van der Waals surface area contributed by atoms with Gasteiger partial charge in [0.25, 0.3) is 10.0 Å². The van der Waals surface area contributed by atoms with Crippen LogP contribution in [0.4, 0.5) is 0 Å². The molecule has 5 heteroatoms. The molecule has 0 saturated carbocycles. The first-order valence-corrected chi connectivity index (χ1v) is 10.2. The van der Waals surface area contributed by atoms with Gasteiger partial charge in [-0.2, -0.15) is 0 Å². The smallest absolute Gasteiger partial charge is 0.238 e. The summed E-state index contributed by atoms with van der Waals surface area (Å²) < 4.78 is 27.7. The lowest BCUT2D eigenvalue weighted by atomic mass is 10.2. The Kier molecular flexibility index (Phi) is 4.50. The highest BCUT2D eigenvalue weighted by atomic mass is 32.2. The van der Waals surface area contributed by atoms with Gasteiger partial charge in [-0.25, -0.2) is 12.4 Å². The van der Waals surface area contributed by atoms with Gasteiger partial charge in [0.2, 0.25) is 0 Å². The van der Waals surface area contributed by atoms with Crippen LogP contribution in [0.25, 0.3) is 10.9 Å². The molecular weight excluding hydrogens is 326 g/mol. The number of hydrogen-bond donors (Lipinski definition) is 0. The number of hydrogen-bond acceptors (Lipinski definition) is 3. The highest BCUT2D eigenvalue weighted by Crippen LogP contribution is 2.29. The predicted octanol–water partition coefficient (Wildman–Crippen LogP) is 4.55. The maximum absolute atomic E-state index is 13.1. The van der Waals surface area contributed by atoms with Crippen molar-refractivity contribution in [2.24, 2.45) is 0 Å². The molecular formula is C18H19NO2S2. The molecule has 0 aliphatic heterocycles. The summed E-state index contributed by atoms with van der Waals surface area (Å²) in [6.07, 6.45) is 3.65. The number of aryl methyl sites for hydroxylation is 1. The zero-order valence-corrected chi connectivity index (χ0v) is 14.8. The third kappa shape index (κ3) is 2.91. The first-order chi connectivity index (χ1) is 11.1. The van der Waals surface area contributed by atoms with E-state index in [1.807, 2.05) is 30.5 Å². The van der Waals surface area contributed by atoms with Gasteiger partial charge in [0, 0.05) is 16.0 Å². The van der Waals surface area contributed by atoms with E-state index in [-0.39, 0.29) is 0 Å². The van der Waals surface area contributed by atoms with Crippen molar-refractivity contribution < 1.29 is 8.42 Å². The van der Waals surface area contributed by atoms with E-state index in [1.54, 1.807) is 36.0 Å². The fourth-order valence-electron chi connectivity index (χ4n) is 2.76. The lowest BCUT2D eigenvalue weighted by Gasteiger charge is -2.11. The summed E-state index contributed by atoms with van der Waals surface area (Å²) in [6, 6.07) is 16.5. The molecule has 0 radical (unpaired) electrons. The van der Waals surface area contributed by atoms with Gasteiger partial charge in [-0.05, 0) is 49.1 Å². The van der Waals surface area contributed by atoms with E-state index in [1.165, 1.54) is 3.97 Å². The summed E-state index contributed by atoms with van der Waals surface area (Å²) >= 11 is 1.66. The van der Waals surface area contributed by atoms with Gasteiger partial charge < -0.3 is 0 Å². The standard InChI is InChI=1S/C18H19NO2S2/c1-3-7-15-12-14-13-16(22-2)10-11-18(14)19(15)23(20,21)17-8-5-4-6-9-17/h4-6,8-13H,3,7H2,1-2H3. The third-order valence-corrected chi connectivity index (χ3v) is 6.33. The first-order valence-electron chi connectivity index (χ1n) is 7.57. The number of nitrogens with zero attached hydrogens (tertiary/aromatic N) is 1. The maximum atomic E-state index is 13.1. The van der Waals surface area contributed by atoms with Crippen LogP contribution >= 0.6 is 11.8 Å². The maximum Gasteiger partial charge on any atom is 0.268 e. The molecule has 3 aromatic rings. The van der Waals surface area contributed by atoms with Gasteiger partial charge in [0.15, 0.2) is 0 Å². The van der Waals surface area contributed by atoms with Crippen LogP contribution in [-0.2, 0) is 16.4 Å².